The van der Waals surface area contributed by atoms with Crippen molar-refractivity contribution in [1.29, 1.82) is 0 Å². The van der Waals surface area contributed by atoms with Crippen LogP contribution in [-0.2, 0) is 0 Å². The van der Waals surface area contributed by atoms with Gasteiger partial charge in [0.15, 0.2) is 12.2 Å². The van der Waals surface area contributed by atoms with E-state index in [4.69, 9.17) is 4.42 Å². The highest BCUT2D eigenvalue weighted by Gasteiger charge is 2.01. The number of hydrogen-bond donors (Lipinski definition) is 0. The molecule has 60 valence electrons. The molecule has 4 heteroatoms. The number of hydrogen-bond acceptors (Lipinski definition) is 3. The summed E-state index contributed by atoms with van der Waals surface area (Å²) >= 11 is 0. The van der Waals surface area contributed by atoms with Gasteiger partial charge in [0, 0.05) is 17.8 Å². The average molecular weight is 164 g/mol. The average Bonchev–Trinajstić information content (AvgIpc) is 2.56. The molecule has 2 rings (SSSR count). The minimum absolute atomic E-state index is 0.524. The van der Waals surface area contributed by atoms with E-state index in [1.807, 2.05) is 0 Å². The SMILES string of the molecule is Fc1cc(-c2cnco2)ccn1. The van der Waals surface area contributed by atoms with Crippen LogP contribution in [0.2, 0.25) is 0 Å². The van der Waals surface area contributed by atoms with Gasteiger partial charge in [-0.1, -0.05) is 0 Å². The van der Waals surface area contributed by atoms with Gasteiger partial charge < -0.3 is 4.42 Å². The Bertz CT molecular complexity index is 372. The predicted octanol–water partition coefficient (Wildman–Crippen LogP) is 1.88. The normalized spacial score (nSPS) is 10.1. The Morgan fingerprint density at radius 2 is 2.33 bits per heavy atom. The molecule has 0 N–H and O–H groups in total. The zero-order chi connectivity index (χ0) is 8.39. The number of oxazole rings is 1. The van der Waals surface area contributed by atoms with Crippen LogP contribution in [0, 0.1) is 5.95 Å². The summed E-state index contributed by atoms with van der Waals surface area (Å²) in [6.45, 7) is 0. The molecule has 0 atom stereocenters. The molecule has 0 unspecified atom stereocenters. The van der Waals surface area contributed by atoms with E-state index in [1.165, 1.54) is 24.9 Å². The zero-order valence-electron chi connectivity index (χ0n) is 6.07. The van der Waals surface area contributed by atoms with Gasteiger partial charge in [-0.25, -0.2) is 9.97 Å². The van der Waals surface area contributed by atoms with Gasteiger partial charge in [0.2, 0.25) is 5.95 Å². The Kier molecular flexibility index (Phi) is 1.59. The van der Waals surface area contributed by atoms with E-state index >= 15 is 0 Å². The van der Waals surface area contributed by atoms with Crippen molar-refractivity contribution in [2.45, 2.75) is 0 Å². The lowest BCUT2D eigenvalue weighted by Gasteiger charge is -1.93. The fourth-order valence-corrected chi connectivity index (χ4v) is 0.914. The van der Waals surface area contributed by atoms with Crippen LogP contribution in [0.5, 0.6) is 0 Å². The van der Waals surface area contributed by atoms with Crippen molar-refractivity contribution in [3.8, 4) is 11.3 Å². The molecule has 0 fully saturated rings. The van der Waals surface area contributed by atoms with Crippen LogP contribution in [-0.4, -0.2) is 9.97 Å². The molecule has 0 aliphatic heterocycles. The lowest BCUT2D eigenvalue weighted by molar-refractivity contribution is 0.565. The monoisotopic (exact) mass is 164 g/mol. The highest BCUT2D eigenvalue weighted by atomic mass is 19.1. The Morgan fingerprint density at radius 3 is 3.00 bits per heavy atom. The first kappa shape index (κ1) is 6.97. The third-order valence-corrected chi connectivity index (χ3v) is 1.44. The summed E-state index contributed by atoms with van der Waals surface area (Å²) in [4.78, 5) is 7.14. The summed E-state index contributed by atoms with van der Waals surface area (Å²) in [5.74, 6) is 0.0141. The van der Waals surface area contributed by atoms with Crippen LogP contribution in [0.15, 0.2) is 35.3 Å². The van der Waals surface area contributed by atoms with Crippen molar-refractivity contribution < 1.29 is 8.81 Å². The smallest absolute Gasteiger partial charge is 0.213 e. The second-order valence-corrected chi connectivity index (χ2v) is 2.23. The maximum absolute atomic E-state index is 12.6. The first-order chi connectivity index (χ1) is 5.86. The van der Waals surface area contributed by atoms with Crippen LogP contribution < -0.4 is 0 Å². The van der Waals surface area contributed by atoms with E-state index in [2.05, 4.69) is 9.97 Å². The largest absolute Gasteiger partial charge is 0.444 e. The number of aromatic nitrogens is 2. The van der Waals surface area contributed by atoms with E-state index in [0.717, 1.165) is 0 Å². The van der Waals surface area contributed by atoms with Crippen LogP contribution in [0.25, 0.3) is 11.3 Å². The molecule has 2 aromatic rings. The fourth-order valence-electron chi connectivity index (χ4n) is 0.914. The number of rotatable bonds is 1. The van der Waals surface area contributed by atoms with E-state index < -0.39 is 5.95 Å². The van der Waals surface area contributed by atoms with Gasteiger partial charge in [-0.05, 0) is 6.07 Å². The molecule has 0 bridgehead atoms. The molecule has 2 heterocycles. The number of halogens is 1. The third kappa shape index (κ3) is 1.18. The van der Waals surface area contributed by atoms with E-state index in [9.17, 15) is 4.39 Å². The Balaban J connectivity index is 2.48. The zero-order valence-corrected chi connectivity index (χ0v) is 6.07. The van der Waals surface area contributed by atoms with E-state index in [0.29, 0.717) is 11.3 Å². The molecular formula is C8H5FN2O. The minimum atomic E-state index is -0.524. The molecule has 0 radical (unpaired) electrons. The van der Waals surface area contributed by atoms with Gasteiger partial charge in [-0.15, -0.1) is 0 Å². The second kappa shape index (κ2) is 2.73. The maximum Gasteiger partial charge on any atom is 0.213 e. The first-order valence-corrected chi connectivity index (χ1v) is 3.37. The highest BCUT2D eigenvalue weighted by molar-refractivity contribution is 5.54. The molecule has 0 spiro atoms. The number of nitrogens with zero attached hydrogens (tertiary/aromatic N) is 2. The first-order valence-electron chi connectivity index (χ1n) is 3.37. The van der Waals surface area contributed by atoms with Crippen molar-refractivity contribution >= 4 is 0 Å². The van der Waals surface area contributed by atoms with Crippen molar-refractivity contribution in [3.63, 3.8) is 0 Å². The van der Waals surface area contributed by atoms with Gasteiger partial charge in [-0.3, -0.25) is 0 Å². The second-order valence-electron chi connectivity index (χ2n) is 2.23. The molecule has 0 saturated heterocycles. The van der Waals surface area contributed by atoms with Gasteiger partial charge in [0.25, 0.3) is 0 Å². The summed E-state index contributed by atoms with van der Waals surface area (Å²) in [6.07, 6.45) is 4.20. The van der Waals surface area contributed by atoms with Crippen LogP contribution in [0.3, 0.4) is 0 Å². The Hall–Kier alpha value is -1.71. The van der Waals surface area contributed by atoms with E-state index in [1.54, 1.807) is 6.07 Å². The van der Waals surface area contributed by atoms with Crippen LogP contribution >= 0.6 is 0 Å². The van der Waals surface area contributed by atoms with Crippen molar-refractivity contribution in [2.24, 2.45) is 0 Å². The Morgan fingerprint density at radius 1 is 1.42 bits per heavy atom. The lowest BCUT2D eigenvalue weighted by atomic mass is 10.2. The molecule has 0 amide bonds. The molecule has 0 saturated carbocycles. The lowest BCUT2D eigenvalue weighted by Crippen LogP contribution is -1.81. The van der Waals surface area contributed by atoms with Crippen LogP contribution in [0.4, 0.5) is 4.39 Å². The van der Waals surface area contributed by atoms with E-state index in [-0.39, 0.29) is 0 Å². The summed E-state index contributed by atoms with van der Waals surface area (Å²) < 4.78 is 17.6. The standard InChI is InChI=1S/C8H5FN2O/c9-8-3-6(1-2-11-8)7-4-10-5-12-7/h1-5H. The molecule has 3 nitrogen and oxygen atoms in total. The predicted molar refractivity (Wildman–Crippen MR) is 39.7 cm³/mol. The summed E-state index contributed by atoms with van der Waals surface area (Å²) in [6, 6.07) is 2.95. The van der Waals surface area contributed by atoms with Gasteiger partial charge in [0.05, 0.1) is 6.20 Å². The molecule has 0 aromatic carbocycles. The summed E-state index contributed by atoms with van der Waals surface area (Å²) in [7, 11) is 0. The summed E-state index contributed by atoms with van der Waals surface area (Å²) in [5.41, 5.74) is 0.639. The highest BCUT2D eigenvalue weighted by Crippen LogP contribution is 2.17. The molecule has 0 aliphatic rings. The molecule has 0 aliphatic carbocycles. The number of pyridine rings is 1. The van der Waals surface area contributed by atoms with Crippen molar-refractivity contribution in [1.82, 2.24) is 9.97 Å². The molecular weight excluding hydrogens is 159 g/mol. The van der Waals surface area contributed by atoms with Crippen molar-refractivity contribution in [2.75, 3.05) is 0 Å². The Labute approximate surface area is 67.9 Å². The topological polar surface area (TPSA) is 38.9 Å². The summed E-state index contributed by atoms with van der Waals surface area (Å²) in [5, 5.41) is 0. The van der Waals surface area contributed by atoms with Crippen molar-refractivity contribution in [3.05, 3.63) is 36.9 Å². The molecule has 12 heavy (non-hydrogen) atoms. The third-order valence-electron chi connectivity index (χ3n) is 1.44. The van der Waals surface area contributed by atoms with Gasteiger partial charge >= 0.3 is 0 Å². The fraction of sp³-hybridized carbons (Fsp3) is 0. The molecule has 2 aromatic heterocycles. The van der Waals surface area contributed by atoms with Gasteiger partial charge in [0.1, 0.15) is 0 Å². The van der Waals surface area contributed by atoms with Crippen LogP contribution in [0.1, 0.15) is 0 Å². The quantitative estimate of drug-likeness (QED) is 0.604. The minimum Gasteiger partial charge on any atom is -0.444 e. The van der Waals surface area contributed by atoms with Gasteiger partial charge in [-0.2, -0.15) is 4.39 Å². The maximum atomic E-state index is 12.6.